The first-order valence-electron chi connectivity index (χ1n) is 4.29. The van der Waals surface area contributed by atoms with Crippen molar-refractivity contribution in [3.8, 4) is 0 Å². The van der Waals surface area contributed by atoms with Gasteiger partial charge in [0.2, 0.25) is 0 Å². The molecule has 2 heteroatoms. The lowest BCUT2D eigenvalue weighted by atomic mass is 10.2. The van der Waals surface area contributed by atoms with E-state index in [1.165, 1.54) is 18.5 Å². The third-order valence-corrected chi connectivity index (χ3v) is 2.16. The second kappa shape index (κ2) is 3.56. The Morgan fingerprint density at radius 3 is 2.45 bits per heavy atom. The van der Waals surface area contributed by atoms with Gasteiger partial charge in [0.25, 0.3) is 0 Å². The van der Waals surface area contributed by atoms with E-state index in [-0.39, 0.29) is 0 Å². The Balaban J connectivity index is 2.81. The Morgan fingerprint density at radius 1 is 1.45 bits per heavy atom. The van der Waals surface area contributed by atoms with Crippen molar-refractivity contribution in [3.63, 3.8) is 0 Å². The molecule has 1 heterocycles. The van der Waals surface area contributed by atoms with Crippen LogP contribution in [0.3, 0.4) is 0 Å². The summed E-state index contributed by atoms with van der Waals surface area (Å²) in [5.41, 5.74) is 1.26. The Bertz CT molecular complexity index is 211. The maximum atomic E-state index is 4.27. The van der Waals surface area contributed by atoms with Crippen LogP contribution in [-0.4, -0.2) is 9.78 Å². The third-order valence-electron chi connectivity index (χ3n) is 2.16. The van der Waals surface area contributed by atoms with Gasteiger partial charge in [-0.3, -0.25) is 4.68 Å². The molecule has 11 heavy (non-hydrogen) atoms. The highest BCUT2D eigenvalue weighted by molar-refractivity contribution is 4.98. The van der Waals surface area contributed by atoms with Gasteiger partial charge in [-0.25, -0.2) is 0 Å². The molecule has 0 bridgehead atoms. The molecule has 0 atom stereocenters. The zero-order valence-corrected chi connectivity index (χ0v) is 7.54. The molecule has 0 amide bonds. The topological polar surface area (TPSA) is 17.8 Å². The standard InChI is InChI=1S/C9H16N2/c1-4-9(5-2)11-8(3)6-7-10-11/h6-7,9H,4-5H2,1-3H3. The predicted molar refractivity (Wildman–Crippen MR) is 46.6 cm³/mol. The number of nitrogens with zero attached hydrogens (tertiary/aromatic N) is 2. The van der Waals surface area contributed by atoms with Gasteiger partial charge in [-0.05, 0) is 25.8 Å². The molecule has 1 rings (SSSR count). The van der Waals surface area contributed by atoms with E-state index < -0.39 is 0 Å². The van der Waals surface area contributed by atoms with E-state index in [0.29, 0.717) is 6.04 Å². The Morgan fingerprint density at radius 2 is 2.09 bits per heavy atom. The van der Waals surface area contributed by atoms with Gasteiger partial charge in [0, 0.05) is 11.9 Å². The number of aryl methyl sites for hydroxylation is 1. The fourth-order valence-electron chi connectivity index (χ4n) is 1.40. The fraction of sp³-hybridized carbons (Fsp3) is 0.667. The lowest BCUT2D eigenvalue weighted by Crippen LogP contribution is -2.09. The molecule has 0 aliphatic heterocycles. The molecule has 0 spiro atoms. The van der Waals surface area contributed by atoms with Crippen LogP contribution in [0.4, 0.5) is 0 Å². The molecule has 0 N–H and O–H groups in total. The lowest BCUT2D eigenvalue weighted by molar-refractivity contribution is 0.420. The summed E-state index contributed by atoms with van der Waals surface area (Å²) >= 11 is 0. The maximum absolute atomic E-state index is 4.27. The van der Waals surface area contributed by atoms with Crippen molar-refractivity contribution in [3.05, 3.63) is 18.0 Å². The smallest absolute Gasteiger partial charge is 0.0517 e. The Labute approximate surface area is 68.2 Å². The molecule has 0 aliphatic carbocycles. The average Bonchev–Trinajstić information content (AvgIpc) is 2.40. The highest BCUT2D eigenvalue weighted by Crippen LogP contribution is 2.15. The zero-order valence-electron chi connectivity index (χ0n) is 7.54. The van der Waals surface area contributed by atoms with Gasteiger partial charge in [0.05, 0.1) is 6.04 Å². The van der Waals surface area contributed by atoms with Crippen LogP contribution in [-0.2, 0) is 0 Å². The number of aromatic nitrogens is 2. The first-order valence-corrected chi connectivity index (χ1v) is 4.29. The Hall–Kier alpha value is -0.790. The van der Waals surface area contributed by atoms with Gasteiger partial charge >= 0.3 is 0 Å². The second-order valence-electron chi connectivity index (χ2n) is 2.89. The molecule has 1 aromatic heterocycles. The predicted octanol–water partition coefficient (Wildman–Crippen LogP) is 2.55. The van der Waals surface area contributed by atoms with E-state index in [1.54, 1.807) is 0 Å². The fourth-order valence-corrected chi connectivity index (χ4v) is 1.40. The number of rotatable bonds is 3. The van der Waals surface area contributed by atoms with Crippen LogP contribution in [0, 0.1) is 6.92 Å². The summed E-state index contributed by atoms with van der Waals surface area (Å²) in [4.78, 5) is 0. The zero-order chi connectivity index (χ0) is 8.27. The van der Waals surface area contributed by atoms with Crippen LogP contribution in [0.15, 0.2) is 12.3 Å². The van der Waals surface area contributed by atoms with Crippen LogP contribution < -0.4 is 0 Å². The van der Waals surface area contributed by atoms with Crippen LogP contribution in [0.1, 0.15) is 38.4 Å². The summed E-state index contributed by atoms with van der Waals surface area (Å²) in [6.45, 7) is 6.51. The van der Waals surface area contributed by atoms with Crippen molar-refractivity contribution >= 4 is 0 Å². The van der Waals surface area contributed by atoms with Crippen LogP contribution in [0.2, 0.25) is 0 Å². The highest BCUT2D eigenvalue weighted by atomic mass is 15.3. The maximum Gasteiger partial charge on any atom is 0.0517 e. The van der Waals surface area contributed by atoms with E-state index in [0.717, 1.165) is 0 Å². The monoisotopic (exact) mass is 152 g/mol. The summed E-state index contributed by atoms with van der Waals surface area (Å²) in [7, 11) is 0. The Kier molecular flexibility index (Phi) is 2.69. The van der Waals surface area contributed by atoms with Crippen molar-refractivity contribution in [2.75, 3.05) is 0 Å². The molecule has 0 fully saturated rings. The number of hydrogen-bond acceptors (Lipinski definition) is 1. The van der Waals surface area contributed by atoms with Gasteiger partial charge in [0.15, 0.2) is 0 Å². The molecule has 1 aromatic rings. The molecule has 2 nitrogen and oxygen atoms in total. The quantitative estimate of drug-likeness (QED) is 0.650. The van der Waals surface area contributed by atoms with E-state index in [9.17, 15) is 0 Å². The summed E-state index contributed by atoms with van der Waals surface area (Å²) in [5.74, 6) is 0. The van der Waals surface area contributed by atoms with Crippen LogP contribution in [0.5, 0.6) is 0 Å². The lowest BCUT2D eigenvalue weighted by Gasteiger charge is -2.14. The van der Waals surface area contributed by atoms with E-state index in [1.807, 2.05) is 6.20 Å². The number of hydrogen-bond donors (Lipinski definition) is 0. The van der Waals surface area contributed by atoms with E-state index >= 15 is 0 Å². The average molecular weight is 152 g/mol. The highest BCUT2D eigenvalue weighted by Gasteiger charge is 2.07. The van der Waals surface area contributed by atoms with Gasteiger partial charge < -0.3 is 0 Å². The minimum Gasteiger partial charge on any atom is -0.267 e. The minimum absolute atomic E-state index is 0.588. The summed E-state index contributed by atoms with van der Waals surface area (Å²) in [5, 5.41) is 4.27. The molecular formula is C9H16N2. The molecule has 0 saturated heterocycles. The third kappa shape index (κ3) is 1.62. The van der Waals surface area contributed by atoms with Crippen molar-refractivity contribution in [2.45, 2.75) is 39.7 Å². The molecular weight excluding hydrogens is 136 g/mol. The van der Waals surface area contributed by atoms with E-state index in [4.69, 9.17) is 0 Å². The molecule has 0 saturated carbocycles. The largest absolute Gasteiger partial charge is 0.267 e. The summed E-state index contributed by atoms with van der Waals surface area (Å²) in [6, 6.07) is 2.64. The van der Waals surface area contributed by atoms with Crippen molar-refractivity contribution in [1.29, 1.82) is 0 Å². The van der Waals surface area contributed by atoms with Gasteiger partial charge in [0.1, 0.15) is 0 Å². The summed E-state index contributed by atoms with van der Waals surface area (Å²) in [6.07, 6.45) is 4.20. The first kappa shape index (κ1) is 8.31. The van der Waals surface area contributed by atoms with Crippen molar-refractivity contribution in [2.24, 2.45) is 0 Å². The molecule has 0 radical (unpaired) electrons. The molecule has 0 unspecified atom stereocenters. The molecule has 0 aromatic carbocycles. The molecule has 62 valence electrons. The van der Waals surface area contributed by atoms with Gasteiger partial charge in [-0.1, -0.05) is 13.8 Å². The van der Waals surface area contributed by atoms with Crippen LogP contribution in [0.25, 0.3) is 0 Å². The van der Waals surface area contributed by atoms with Crippen molar-refractivity contribution in [1.82, 2.24) is 9.78 Å². The van der Waals surface area contributed by atoms with Crippen molar-refractivity contribution < 1.29 is 0 Å². The minimum atomic E-state index is 0.588. The van der Waals surface area contributed by atoms with Gasteiger partial charge in [-0.15, -0.1) is 0 Å². The summed E-state index contributed by atoms with van der Waals surface area (Å²) < 4.78 is 2.11. The van der Waals surface area contributed by atoms with E-state index in [2.05, 4.69) is 36.6 Å². The normalized spacial score (nSPS) is 10.9. The SMILES string of the molecule is CCC(CC)n1nccc1C. The second-order valence-corrected chi connectivity index (χ2v) is 2.89. The molecule has 0 aliphatic rings. The van der Waals surface area contributed by atoms with Crippen LogP contribution >= 0.6 is 0 Å². The first-order chi connectivity index (χ1) is 5.29. The van der Waals surface area contributed by atoms with Gasteiger partial charge in [-0.2, -0.15) is 5.10 Å².